The van der Waals surface area contributed by atoms with Crippen LogP contribution in [0, 0.1) is 0 Å². The van der Waals surface area contributed by atoms with E-state index in [0.29, 0.717) is 18.0 Å². The van der Waals surface area contributed by atoms with Crippen LogP contribution in [-0.4, -0.2) is 48.2 Å². The maximum absolute atomic E-state index is 12.7. The van der Waals surface area contributed by atoms with Crippen molar-refractivity contribution in [3.05, 3.63) is 24.3 Å². The van der Waals surface area contributed by atoms with Crippen LogP contribution in [-0.2, 0) is 9.53 Å². The fraction of sp³-hybridized carbons (Fsp3) is 0.556. The summed E-state index contributed by atoms with van der Waals surface area (Å²) in [5, 5.41) is 0. The molecule has 2 amide bonds. The standard InChI is InChI=1S/C18H26N2O4/c1-17(2,3)24-16(22)20-11-15(21)19(12-18(20,4)5)13-9-7-8-10-14(13)23-6/h7-10H,11-12H2,1-6H3. The Labute approximate surface area is 143 Å². The summed E-state index contributed by atoms with van der Waals surface area (Å²) in [6.45, 7) is 9.61. The Kier molecular flexibility index (Phi) is 4.78. The van der Waals surface area contributed by atoms with Gasteiger partial charge < -0.3 is 14.4 Å². The second-order valence-electron chi connectivity index (χ2n) is 7.53. The van der Waals surface area contributed by atoms with Gasteiger partial charge in [-0.3, -0.25) is 9.69 Å². The first-order valence-electron chi connectivity index (χ1n) is 7.99. The van der Waals surface area contributed by atoms with Gasteiger partial charge in [0.15, 0.2) is 0 Å². The number of carbonyl (C=O) groups excluding carboxylic acids is 2. The Balaban J connectivity index is 2.26. The third-order valence-corrected chi connectivity index (χ3v) is 3.86. The molecule has 1 aromatic carbocycles. The molecular formula is C18H26N2O4. The van der Waals surface area contributed by atoms with Crippen molar-refractivity contribution in [1.29, 1.82) is 0 Å². The van der Waals surface area contributed by atoms with E-state index in [9.17, 15) is 9.59 Å². The van der Waals surface area contributed by atoms with E-state index in [4.69, 9.17) is 9.47 Å². The Morgan fingerprint density at radius 2 is 1.83 bits per heavy atom. The largest absolute Gasteiger partial charge is 0.495 e. The van der Waals surface area contributed by atoms with Gasteiger partial charge in [-0.1, -0.05) is 12.1 Å². The van der Waals surface area contributed by atoms with E-state index in [1.54, 1.807) is 12.0 Å². The summed E-state index contributed by atoms with van der Waals surface area (Å²) in [5.74, 6) is 0.469. The minimum Gasteiger partial charge on any atom is -0.495 e. The van der Waals surface area contributed by atoms with Crippen LogP contribution < -0.4 is 9.64 Å². The third kappa shape index (κ3) is 3.80. The van der Waals surface area contributed by atoms with Crippen molar-refractivity contribution in [2.75, 3.05) is 25.1 Å². The van der Waals surface area contributed by atoms with Gasteiger partial charge >= 0.3 is 6.09 Å². The van der Waals surface area contributed by atoms with E-state index < -0.39 is 17.2 Å². The molecule has 0 bridgehead atoms. The minimum atomic E-state index is -0.601. The zero-order chi connectivity index (χ0) is 18.1. The SMILES string of the molecule is COc1ccccc1N1CC(C)(C)N(C(=O)OC(C)(C)C)CC1=O. The third-order valence-electron chi connectivity index (χ3n) is 3.86. The van der Waals surface area contributed by atoms with E-state index in [1.807, 2.05) is 58.9 Å². The van der Waals surface area contributed by atoms with Crippen molar-refractivity contribution in [2.45, 2.75) is 45.8 Å². The van der Waals surface area contributed by atoms with Crippen LogP contribution in [0.25, 0.3) is 0 Å². The molecule has 0 unspecified atom stereocenters. The van der Waals surface area contributed by atoms with Crippen molar-refractivity contribution in [1.82, 2.24) is 4.90 Å². The highest BCUT2D eigenvalue weighted by atomic mass is 16.6. The van der Waals surface area contributed by atoms with Gasteiger partial charge in [0.05, 0.1) is 18.3 Å². The zero-order valence-electron chi connectivity index (χ0n) is 15.3. The normalized spacial score (nSPS) is 17.7. The number of hydrogen-bond acceptors (Lipinski definition) is 4. The Morgan fingerprint density at radius 3 is 2.42 bits per heavy atom. The number of methoxy groups -OCH3 is 1. The smallest absolute Gasteiger partial charge is 0.411 e. The average molecular weight is 334 g/mol. The molecule has 1 aliphatic heterocycles. The van der Waals surface area contributed by atoms with Crippen molar-refractivity contribution in [2.24, 2.45) is 0 Å². The van der Waals surface area contributed by atoms with Crippen LogP contribution in [0.5, 0.6) is 5.75 Å². The van der Waals surface area contributed by atoms with Crippen LogP contribution in [0.15, 0.2) is 24.3 Å². The Morgan fingerprint density at radius 1 is 1.21 bits per heavy atom. The van der Waals surface area contributed by atoms with Crippen LogP contribution in [0.2, 0.25) is 0 Å². The monoisotopic (exact) mass is 334 g/mol. The molecule has 0 saturated carbocycles. The van der Waals surface area contributed by atoms with Gasteiger partial charge in [-0.05, 0) is 46.8 Å². The summed E-state index contributed by atoms with van der Waals surface area (Å²) in [7, 11) is 1.57. The number of hydrogen-bond donors (Lipinski definition) is 0. The summed E-state index contributed by atoms with van der Waals surface area (Å²) in [6.07, 6.45) is -0.472. The number of anilines is 1. The molecule has 0 atom stereocenters. The molecule has 1 saturated heterocycles. The number of piperazine rings is 1. The Bertz CT molecular complexity index is 634. The molecule has 6 nitrogen and oxygen atoms in total. The molecular weight excluding hydrogens is 308 g/mol. The summed E-state index contributed by atoms with van der Waals surface area (Å²) in [4.78, 5) is 28.3. The van der Waals surface area contributed by atoms with Crippen molar-refractivity contribution in [3.63, 3.8) is 0 Å². The maximum Gasteiger partial charge on any atom is 0.411 e. The molecule has 0 radical (unpaired) electrons. The number of benzene rings is 1. The Hall–Kier alpha value is -2.24. The van der Waals surface area contributed by atoms with Crippen molar-refractivity contribution >= 4 is 17.7 Å². The first-order valence-corrected chi connectivity index (χ1v) is 7.99. The molecule has 1 heterocycles. The van der Waals surface area contributed by atoms with E-state index in [1.165, 1.54) is 4.90 Å². The van der Waals surface area contributed by atoms with Gasteiger partial charge in [0.2, 0.25) is 5.91 Å². The number of nitrogens with zero attached hydrogens (tertiary/aromatic N) is 2. The molecule has 1 aliphatic rings. The van der Waals surface area contributed by atoms with Gasteiger partial charge in [-0.15, -0.1) is 0 Å². The lowest BCUT2D eigenvalue weighted by molar-refractivity contribution is -0.124. The van der Waals surface area contributed by atoms with E-state index in [0.717, 1.165) is 0 Å². The van der Waals surface area contributed by atoms with Crippen LogP contribution in [0.3, 0.4) is 0 Å². The van der Waals surface area contributed by atoms with Gasteiger partial charge in [0, 0.05) is 6.54 Å². The summed E-state index contributed by atoms with van der Waals surface area (Å²) in [6, 6.07) is 7.37. The van der Waals surface area contributed by atoms with Crippen molar-refractivity contribution in [3.8, 4) is 5.75 Å². The number of para-hydroxylation sites is 2. The van der Waals surface area contributed by atoms with Gasteiger partial charge in [0.25, 0.3) is 0 Å². The molecule has 0 aliphatic carbocycles. The highest BCUT2D eigenvalue weighted by molar-refractivity contribution is 5.99. The highest BCUT2D eigenvalue weighted by Crippen LogP contribution is 2.33. The van der Waals surface area contributed by atoms with E-state index >= 15 is 0 Å². The number of carbonyl (C=O) groups is 2. The molecule has 2 rings (SSSR count). The summed E-state index contributed by atoms with van der Waals surface area (Å²) < 4.78 is 10.8. The number of rotatable bonds is 2. The molecule has 0 spiro atoms. The van der Waals surface area contributed by atoms with Gasteiger partial charge in [-0.2, -0.15) is 0 Å². The van der Waals surface area contributed by atoms with Gasteiger partial charge in [-0.25, -0.2) is 4.79 Å². The second-order valence-corrected chi connectivity index (χ2v) is 7.53. The topological polar surface area (TPSA) is 59.1 Å². The lowest BCUT2D eigenvalue weighted by Gasteiger charge is -2.46. The first kappa shape index (κ1) is 18.1. The fourth-order valence-electron chi connectivity index (χ4n) is 2.70. The van der Waals surface area contributed by atoms with Crippen LogP contribution in [0.4, 0.5) is 10.5 Å². The fourth-order valence-corrected chi connectivity index (χ4v) is 2.70. The van der Waals surface area contributed by atoms with Crippen LogP contribution in [0.1, 0.15) is 34.6 Å². The quantitative estimate of drug-likeness (QED) is 0.834. The molecule has 1 aromatic rings. The van der Waals surface area contributed by atoms with Crippen molar-refractivity contribution < 1.29 is 19.1 Å². The summed E-state index contributed by atoms with van der Waals surface area (Å²) >= 11 is 0. The van der Waals surface area contributed by atoms with Gasteiger partial charge in [0.1, 0.15) is 17.9 Å². The molecule has 132 valence electrons. The number of ether oxygens (including phenoxy) is 2. The first-order chi connectivity index (χ1) is 11.0. The maximum atomic E-state index is 12.7. The predicted octanol–water partition coefficient (Wildman–Crippen LogP) is 3.06. The molecule has 24 heavy (non-hydrogen) atoms. The second kappa shape index (κ2) is 6.34. The minimum absolute atomic E-state index is 0.0278. The molecule has 0 N–H and O–H groups in total. The lowest BCUT2D eigenvalue weighted by atomic mass is 9.98. The molecule has 0 aromatic heterocycles. The highest BCUT2D eigenvalue weighted by Gasteiger charge is 2.43. The van der Waals surface area contributed by atoms with Crippen LogP contribution >= 0.6 is 0 Å². The molecule has 6 heteroatoms. The number of amides is 2. The lowest BCUT2D eigenvalue weighted by Crippen LogP contribution is -2.64. The zero-order valence-corrected chi connectivity index (χ0v) is 15.3. The molecule has 1 fully saturated rings. The van der Waals surface area contributed by atoms with E-state index in [2.05, 4.69) is 0 Å². The van der Waals surface area contributed by atoms with E-state index in [-0.39, 0.29) is 12.5 Å². The summed E-state index contributed by atoms with van der Waals surface area (Å²) in [5.41, 5.74) is -0.450. The average Bonchev–Trinajstić information content (AvgIpc) is 2.47. The predicted molar refractivity (Wildman–Crippen MR) is 92.4 cm³/mol.